The van der Waals surface area contributed by atoms with Crippen LogP contribution in [0.3, 0.4) is 0 Å². The summed E-state index contributed by atoms with van der Waals surface area (Å²) in [6, 6.07) is 14.3. The molecule has 0 heterocycles. The molecule has 3 aromatic rings. The van der Waals surface area contributed by atoms with Crippen molar-refractivity contribution in [2.75, 3.05) is 21.3 Å². The quantitative estimate of drug-likeness (QED) is 0.314. The molecule has 0 unspecified atom stereocenters. The van der Waals surface area contributed by atoms with Crippen LogP contribution in [0.2, 0.25) is 5.02 Å². The van der Waals surface area contributed by atoms with Gasteiger partial charge in [-0.1, -0.05) is 23.7 Å². The highest BCUT2D eigenvalue weighted by atomic mass is 35.5. The molecule has 0 spiro atoms. The zero-order valence-corrected chi connectivity index (χ0v) is 20.0. The molecule has 9 nitrogen and oxygen atoms in total. The molecule has 0 aromatic heterocycles. The van der Waals surface area contributed by atoms with Crippen LogP contribution in [0.5, 0.6) is 23.0 Å². The highest BCUT2D eigenvalue weighted by molar-refractivity contribution is 6.32. The van der Waals surface area contributed by atoms with E-state index in [1.54, 1.807) is 42.5 Å². The van der Waals surface area contributed by atoms with Crippen molar-refractivity contribution in [3.63, 3.8) is 0 Å². The maximum absolute atomic E-state index is 12.4. The molecule has 1 amide bonds. The molecule has 0 fully saturated rings. The molecule has 3 aromatic carbocycles. The second-order valence-electron chi connectivity index (χ2n) is 7.09. The Bertz CT molecular complexity index is 1240. The van der Waals surface area contributed by atoms with E-state index in [2.05, 4.69) is 10.5 Å². The van der Waals surface area contributed by atoms with Crippen molar-refractivity contribution in [1.29, 1.82) is 0 Å². The molecule has 182 valence electrons. The minimum absolute atomic E-state index is 0.158. The van der Waals surface area contributed by atoms with Gasteiger partial charge in [-0.25, -0.2) is 10.2 Å². The Kier molecular flexibility index (Phi) is 8.53. The third kappa shape index (κ3) is 6.42. The van der Waals surface area contributed by atoms with E-state index in [1.807, 2.05) is 0 Å². The lowest BCUT2D eigenvalue weighted by Crippen LogP contribution is -2.17. The molecule has 0 radical (unpaired) electrons. The second-order valence-corrected chi connectivity index (χ2v) is 7.50. The predicted octanol–water partition coefficient (Wildman–Crippen LogP) is 4.41. The number of ether oxygens (including phenoxy) is 4. The Morgan fingerprint density at radius 3 is 2.20 bits per heavy atom. The number of hydrogen-bond acceptors (Lipinski definition) is 7. The van der Waals surface area contributed by atoms with Gasteiger partial charge in [0.25, 0.3) is 5.91 Å². The van der Waals surface area contributed by atoms with E-state index < -0.39 is 11.9 Å². The van der Waals surface area contributed by atoms with E-state index in [0.29, 0.717) is 34.1 Å². The number of aromatic carboxylic acids is 1. The van der Waals surface area contributed by atoms with Gasteiger partial charge < -0.3 is 24.1 Å². The Morgan fingerprint density at radius 2 is 1.57 bits per heavy atom. The molecule has 35 heavy (non-hydrogen) atoms. The van der Waals surface area contributed by atoms with Crippen molar-refractivity contribution in [3.05, 3.63) is 81.9 Å². The van der Waals surface area contributed by atoms with Gasteiger partial charge in [-0.05, 0) is 53.6 Å². The van der Waals surface area contributed by atoms with Crippen molar-refractivity contribution < 1.29 is 33.6 Å². The first-order valence-electron chi connectivity index (χ1n) is 10.2. The third-order valence-corrected chi connectivity index (χ3v) is 5.14. The summed E-state index contributed by atoms with van der Waals surface area (Å²) in [5.41, 5.74) is 4.30. The Balaban J connectivity index is 1.68. The number of nitrogens with zero attached hydrogens (tertiary/aromatic N) is 1. The first-order valence-corrected chi connectivity index (χ1v) is 10.6. The van der Waals surface area contributed by atoms with Gasteiger partial charge in [0.15, 0.2) is 23.0 Å². The van der Waals surface area contributed by atoms with Gasteiger partial charge in [-0.3, -0.25) is 4.79 Å². The smallest absolute Gasteiger partial charge is 0.335 e. The summed E-state index contributed by atoms with van der Waals surface area (Å²) in [7, 11) is 4.47. The molecule has 0 atom stereocenters. The largest absolute Gasteiger partial charge is 0.493 e. The molecule has 0 aliphatic heterocycles. The average Bonchev–Trinajstić information content (AvgIpc) is 2.87. The fourth-order valence-electron chi connectivity index (χ4n) is 3.06. The summed E-state index contributed by atoms with van der Waals surface area (Å²) in [5.74, 6) is 0.187. The van der Waals surface area contributed by atoms with E-state index in [1.165, 1.54) is 39.7 Å². The average molecular weight is 499 g/mol. The minimum Gasteiger partial charge on any atom is -0.493 e. The van der Waals surface area contributed by atoms with Crippen LogP contribution in [0.15, 0.2) is 59.7 Å². The number of carbonyl (C=O) groups is 2. The van der Waals surface area contributed by atoms with E-state index in [9.17, 15) is 9.59 Å². The minimum atomic E-state index is -1.00. The molecular formula is C25H23ClN2O7. The van der Waals surface area contributed by atoms with Gasteiger partial charge in [0, 0.05) is 5.56 Å². The molecule has 0 aliphatic rings. The topological polar surface area (TPSA) is 116 Å². The number of benzene rings is 3. The van der Waals surface area contributed by atoms with E-state index in [-0.39, 0.29) is 17.2 Å². The number of carbonyl (C=O) groups excluding carboxylic acids is 1. The molecule has 0 saturated carbocycles. The van der Waals surface area contributed by atoms with Crippen LogP contribution in [0.25, 0.3) is 0 Å². The monoisotopic (exact) mass is 498 g/mol. The summed E-state index contributed by atoms with van der Waals surface area (Å²) in [4.78, 5) is 23.4. The number of carboxylic acids is 1. The SMILES string of the molecule is COc1ccc(C(=O)N/N=C/c2cc(Cl)c(OCc3ccc(C(=O)O)cc3)c(OC)c2)cc1OC. The second kappa shape index (κ2) is 11.8. The van der Waals surface area contributed by atoms with Crippen molar-refractivity contribution in [2.45, 2.75) is 6.61 Å². The van der Waals surface area contributed by atoms with Gasteiger partial charge in [-0.2, -0.15) is 5.10 Å². The summed E-state index contributed by atoms with van der Waals surface area (Å²) < 4.78 is 21.6. The fourth-order valence-corrected chi connectivity index (χ4v) is 3.33. The van der Waals surface area contributed by atoms with Crippen LogP contribution >= 0.6 is 11.6 Å². The number of halogens is 1. The summed E-state index contributed by atoms with van der Waals surface area (Å²) in [6.07, 6.45) is 1.42. The normalized spacial score (nSPS) is 10.6. The molecule has 10 heteroatoms. The van der Waals surface area contributed by atoms with Crippen LogP contribution in [-0.2, 0) is 6.61 Å². The van der Waals surface area contributed by atoms with Gasteiger partial charge in [0.1, 0.15) is 6.61 Å². The molecule has 0 aliphatic carbocycles. The molecule has 0 bridgehead atoms. The van der Waals surface area contributed by atoms with Crippen molar-refractivity contribution >= 4 is 29.7 Å². The van der Waals surface area contributed by atoms with Crippen molar-refractivity contribution in [3.8, 4) is 23.0 Å². The van der Waals surface area contributed by atoms with Gasteiger partial charge in [0.05, 0.1) is 38.1 Å². The maximum Gasteiger partial charge on any atom is 0.335 e. The number of methoxy groups -OCH3 is 3. The van der Waals surface area contributed by atoms with Crippen LogP contribution in [-0.4, -0.2) is 44.5 Å². The highest BCUT2D eigenvalue weighted by Crippen LogP contribution is 2.36. The Labute approximate surface area is 206 Å². The first kappa shape index (κ1) is 25.4. The summed E-state index contributed by atoms with van der Waals surface area (Å²) in [6.45, 7) is 0.158. The standard InChI is InChI=1S/C25H23ClN2O7/c1-32-20-9-8-18(12-21(20)33-2)24(29)28-27-13-16-10-19(26)23(22(11-16)34-3)35-14-15-4-6-17(7-5-15)25(30)31/h4-13H,14H2,1-3H3,(H,28,29)(H,30,31)/b27-13+. The Hall–Kier alpha value is -4.24. The van der Waals surface area contributed by atoms with E-state index in [4.69, 9.17) is 35.7 Å². The van der Waals surface area contributed by atoms with E-state index >= 15 is 0 Å². The summed E-state index contributed by atoms with van der Waals surface area (Å²) >= 11 is 6.39. The summed E-state index contributed by atoms with van der Waals surface area (Å²) in [5, 5.41) is 13.3. The van der Waals surface area contributed by atoms with Crippen molar-refractivity contribution in [1.82, 2.24) is 5.43 Å². The number of nitrogens with one attached hydrogen (secondary N) is 1. The molecule has 0 saturated heterocycles. The lowest BCUT2D eigenvalue weighted by atomic mass is 10.1. The zero-order chi connectivity index (χ0) is 25.4. The number of rotatable bonds is 10. The van der Waals surface area contributed by atoms with Crippen LogP contribution in [0.1, 0.15) is 31.8 Å². The van der Waals surface area contributed by atoms with Crippen LogP contribution in [0, 0.1) is 0 Å². The first-order chi connectivity index (χ1) is 16.9. The number of hydrazone groups is 1. The lowest BCUT2D eigenvalue weighted by Gasteiger charge is -2.13. The van der Waals surface area contributed by atoms with E-state index in [0.717, 1.165) is 5.56 Å². The number of hydrogen-bond donors (Lipinski definition) is 2. The number of carboxylic acid groups (broad SMARTS) is 1. The lowest BCUT2D eigenvalue weighted by molar-refractivity contribution is 0.0696. The van der Waals surface area contributed by atoms with Gasteiger partial charge in [0.2, 0.25) is 0 Å². The molecular weight excluding hydrogens is 476 g/mol. The van der Waals surface area contributed by atoms with Crippen LogP contribution < -0.4 is 24.4 Å². The fraction of sp³-hybridized carbons (Fsp3) is 0.160. The Morgan fingerprint density at radius 1 is 0.914 bits per heavy atom. The predicted molar refractivity (Wildman–Crippen MR) is 130 cm³/mol. The van der Waals surface area contributed by atoms with Crippen molar-refractivity contribution in [2.24, 2.45) is 5.10 Å². The maximum atomic E-state index is 12.4. The number of amides is 1. The third-order valence-electron chi connectivity index (χ3n) is 4.86. The molecule has 3 rings (SSSR count). The molecule has 2 N–H and O–H groups in total. The zero-order valence-electron chi connectivity index (χ0n) is 19.2. The van der Waals surface area contributed by atoms with Gasteiger partial charge in [-0.15, -0.1) is 0 Å². The van der Waals surface area contributed by atoms with Gasteiger partial charge >= 0.3 is 5.97 Å². The highest BCUT2D eigenvalue weighted by Gasteiger charge is 2.13. The van der Waals surface area contributed by atoms with Crippen LogP contribution in [0.4, 0.5) is 0 Å².